The van der Waals surface area contributed by atoms with Crippen molar-refractivity contribution in [2.24, 2.45) is 0 Å². The van der Waals surface area contributed by atoms with Crippen molar-refractivity contribution in [1.82, 2.24) is 4.98 Å². The van der Waals surface area contributed by atoms with Gasteiger partial charge in [0.25, 0.3) is 6.71 Å². The number of benzene rings is 6. The number of rotatable bonds is 2. The first-order chi connectivity index (χ1) is 22.4. The lowest BCUT2D eigenvalue weighted by Gasteiger charge is -2.44. The predicted molar refractivity (Wildman–Crippen MR) is 197 cm³/mol. The monoisotopic (exact) mass is 591 g/mol. The maximum Gasteiger partial charge on any atom is 0.252 e. The van der Waals surface area contributed by atoms with Crippen LogP contribution in [0.5, 0.6) is 0 Å². The van der Waals surface area contributed by atoms with Gasteiger partial charge in [0, 0.05) is 44.9 Å². The van der Waals surface area contributed by atoms with E-state index in [4.69, 9.17) is 4.98 Å². The molecule has 2 aliphatic heterocycles. The van der Waals surface area contributed by atoms with Gasteiger partial charge in [0.1, 0.15) is 0 Å². The van der Waals surface area contributed by atoms with Crippen LogP contribution in [0.1, 0.15) is 27.9 Å². The Kier molecular flexibility index (Phi) is 5.77. The average Bonchev–Trinajstić information content (AvgIpc) is 3.06. The minimum atomic E-state index is 0.0659. The Balaban J connectivity index is 1.51. The highest BCUT2D eigenvalue weighted by molar-refractivity contribution is 7.00. The third kappa shape index (κ3) is 3.83. The van der Waals surface area contributed by atoms with Crippen LogP contribution in [0, 0.1) is 34.6 Å². The van der Waals surface area contributed by atoms with Gasteiger partial charge in [-0.3, -0.25) is 4.98 Å². The standard InChI is InChI=1S/C42H34BN3/c1-25-10-16-30(17-11-25)45-37-20-14-27(3)22-35(37)43-36-23-28(4)15-21-38(36)46(31-18-12-26(2)13-19-31)42-40(43)39(45)24-34-33-9-7-6-8-32(33)29(5)44-41(34)42/h6-24H,1-5H3. The highest BCUT2D eigenvalue weighted by Crippen LogP contribution is 2.48. The number of aromatic nitrogens is 1. The molecule has 7 aromatic rings. The Morgan fingerprint density at radius 2 is 1.00 bits per heavy atom. The van der Waals surface area contributed by atoms with Gasteiger partial charge in [-0.1, -0.05) is 95.1 Å². The van der Waals surface area contributed by atoms with E-state index in [0.29, 0.717) is 0 Å². The van der Waals surface area contributed by atoms with E-state index in [1.807, 2.05) is 0 Å². The van der Waals surface area contributed by atoms with Crippen molar-refractivity contribution in [2.45, 2.75) is 34.6 Å². The Labute approximate surface area is 270 Å². The third-order valence-electron chi connectivity index (χ3n) is 9.99. The minimum absolute atomic E-state index is 0.0659. The number of aryl methyl sites for hydroxylation is 5. The molecule has 0 N–H and O–H groups in total. The minimum Gasteiger partial charge on any atom is -0.311 e. The van der Waals surface area contributed by atoms with Crippen molar-refractivity contribution in [2.75, 3.05) is 9.80 Å². The van der Waals surface area contributed by atoms with Crippen molar-refractivity contribution in [3.63, 3.8) is 0 Å². The zero-order chi connectivity index (χ0) is 31.3. The summed E-state index contributed by atoms with van der Waals surface area (Å²) in [5.41, 5.74) is 18.3. The zero-order valence-corrected chi connectivity index (χ0v) is 26.9. The van der Waals surface area contributed by atoms with Gasteiger partial charge in [-0.15, -0.1) is 0 Å². The molecule has 46 heavy (non-hydrogen) atoms. The van der Waals surface area contributed by atoms with E-state index in [0.717, 1.165) is 22.6 Å². The summed E-state index contributed by atoms with van der Waals surface area (Å²) in [5.74, 6) is 0. The number of hydrogen-bond acceptors (Lipinski definition) is 3. The van der Waals surface area contributed by atoms with E-state index in [1.165, 1.54) is 77.6 Å². The normalized spacial score (nSPS) is 13.2. The molecule has 0 aliphatic carbocycles. The summed E-state index contributed by atoms with van der Waals surface area (Å²) in [5, 5.41) is 3.60. The first-order valence-corrected chi connectivity index (χ1v) is 16.2. The molecule has 0 saturated heterocycles. The largest absolute Gasteiger partial charge is 0.311 e. The molecular formula is C42H34BN3. The molecule has 0 spiro atoms. The van der Waals surface area contributed by atoms with Crippen LogP contribution in [0.2, 0.25) is 0 Å². The maximum atomic E-state index is 5.46. The molecule has 4 heteroatoms. The molecule has 3 heterocycles. The summed E-state index contributed by atoms with van der Waals surface area (Å²) in [6.45, 7) is 11.0. The van der Waals surface area contributed by atoms with Crippen LogP contribution in [-0.4, -0.2) is 11.7 Å². The van der Waals surface area contributed by atoms with E-state index < -0.39 is 0 Å². The van der Waals surface area contributed by atoms with Crippen molar-refractivity contribution in [3.8, 4) is 0 Å². The second kappa shape index (κ2) is 9.83. The van der Waals surface area contributed by atoms with Crippen LogP contribution >= 0.6 is 0 Å². The number of nitrogens with zero attached hydrogens (tertiary/aromatic N) is 3. The molecular weight excluding hydrogens is 557 g/mol. The lowest BCUT2D eigenvalue weighted by atomic mass is 9.33. The van der Waals surface area contributed by atoms with Crippen LogP contribution < -0.4 is 26.2 Å². The molecule has 220 valence electrons. The molecule has 1 aromatic heterocycles. The first-order valence-electron chi connectivity index (χ1n) is 16.2. The molecule has 3 nitrogen and oxygen atoms in total. The average molecular weight is 592 g/mol. The van der Waals surface area contributed by atoms with E-state index in [2.05, 4.69) is 160 Å². The quantitative estimate of drug-likeness (QED) is 0.148. The van der Waals surface area contributed by atoms with Crippen LogP contribution in [-0.2, 0) is 0 Å². The summed E-state index contributed by atoms with van der Waals surface area (Å²) in [4.78, 5) is 10.4. The van der Waals surface area contributed by atoms with E-state index in [1.54, 1.807) is 0 Å². The predicted octanol–water partition coefficient (Wildman–Crippen LogP) is 9.01. The summed E-state index contributed by atoms with van der Waals surface area (Å²) < 4.78 is 0. The fraction of sp³-hybridized carbons (Fsp3) is 0.119. The lowest BCUT2D eigenvalue weighted by molar-refractivity contribution is 1.23. The summed E-state index contributed by atoms with van der Waals surface area (Å²) >= 11 is 0. The molecule has 0 bridgehead atoms. The highest BCUT2D eigenvalue weighted by atomic mass is 15.2. The molecule has 2 aliphatic rings. The SMILES string of the molecule is Cc1ccc(N2c3ccc(C)cc3B3c4cc(C)ccc4N(c4ccc(C)cc4)c4c3c2cc2c4nc(C)c3ccccc32)cc1. The van der Waals surface area contributed by atoms with Gasteiger partial charge in [-0.05, 0) is 98.9 Å². The van der Waals surface area contributed by atoms with Gasteiger partial charge in [0.05, 0.1) is 11.2 Å². The molecule has 0 atom stereocenters. The number of anilines is 6. The number of pyridine rings is 1. The van der Waals surface area contributed by atoms with Crippen molar-refractivity contribution in [3.05, 3.63) is 143 Å². The molecule has 0 unspecified atom stereocenters. The van der Waals surface area contributed by atoms with Crippen molar-refractivity contribution >= 4 is 78.9 Å². The van der Waals surface area contributed by atoms with Crippen LogP contribution in [0.3, 0.4) is 0 Å². The van der Waals surface area contributed by atoms with E-state index >= 15 is 0 Å². The Morgan fingerprint density at radius 1 is 0.478 bits per heavy atom. The summed E-state index contributed by atoms with van der Waals surface area (Å²) in [6.07, 6.45) is 0. The fourth-order valence-electron chi connectivity index (χ4n) is 7.82. The maximum absolute atomic E-state index is 5.46. The Morgan fingerprint density at radius 3 is 1.61 bits per heavy atom. The fourth-order valence-corrected chi connectivity index (χ4v) is 7.82. The van der Waals surface area contributed by atoms with Gasteiger partial charge in [0.2, 0.25) is 0 Å². The number of hydrogen-bond donors (Lipinski definition) is 0. The molecule has 0 fully saturated rings. The molecule has 0 radical (unpaired) electrons. The zero-order valence-electron chi connectivity index (χ0n) is 26.9. The van der Waals surface area contributed by atoms with Crippen LogP contribution in [0.15, 0.2) is 115 Å². The van der Waals surface area contributed by atoms with Crippen LogP contribution in [0.25, 0.3) is 21.7 Å². The van der Waals surface area contributed by atoms with Crippen molar-refractivity contribution < 1.29 is 0 Å². The lowest BCUT2D eigenvalue weighted by Crippen LogP contribution is -2.61. The highest BCUT2D eigenvalue weighted by Gasteiger charge is 2.44. The van der Waals surface area contributed by atoms with Gasteiger partial charge >= 0.3 is 0 Å². The van der Waals surface area contributed by atoms with Gasteiger partial charge in [-0.2, -0.15) is 0 Å². The topological polar surface area (TPSA) is 19.4 Å². The molecule has 0 amide bonds. The second-order valence-electron chi connectivity index (χ2n) is 13.2. The Bertz CT molecular complexity index is 2360. The van der Waals surface area contributed by atoms with Crippen molar-refractivity contribution in [1.29, 1.82) is 0 Å². The smallest absolute Gasteiger partial charge is 0.252 e. The molecule has 0 saturated carbocycles. The van der Waals surface area contributed by atoms with Crippen LogP contribution in [0.4, 0.5) is 34.1 Å². The Hall–Kier alpha value is -5.35. The molecule has 6 aromatic carbocycles. The summed E-state index contributed by atoms with van der Waals surface area (Å²) in [6, 6.07) is 43.1. The van der Waals surface area contributed by atoms with Gasteiger partial charge in [0.15, 0.2) is 0 Å². The second-order valence-corrected chi connectivity index (χ2v) is 13.2. The van der Waals surface area contributed by atoms with Gasteiger partial charge < -0.3 is 9.80 Å². The first kappa shape index (κ1) is 27.0. The van der Waals surface area contributed by atoms with Gasteiger partial charge in [-0.25, -0.2) is 0 Å². The molecule has 9 rings (SSSR count). The summed E-state index contributed by atoms with van der Waals surface area (Å²) in [7, 11) is 0. The van der Waals surface area contributed by atoms with E-state index in [9.17, 15) is 0 Å². The third-order valence-corrected chi connectivity index (χ3v) is 9.99. The number of fused-ring (bicyclic) bond motifs is 8. The van der Waals surface area contributed by atoms with E-state index in [-0.39, 0.29) is 6.71 Å².